The number of imide groups is 1. The van der Waals surface area contributed by atoms with Gasteiger partial charge in [-0.1, -0.05) is 25.4 Å². The largest absolute Gasteiger partial charge is 0.483 e. The van der Waals surface area contributed by atoms with Crippen LogP contribution < -0.4 is 4.74 Å². The average molecular weight is 453 g/mol. The minimum atomic E-state index is -0.947. The quantitative estimate of drug-likeness (QED) is 0.476. The van der Waals surface area contributed by atoms with Crippen LogP contribution in [0.5, 0.6) is 5.75 Å². The molecule has 1 aromatic heterocycles. The second kappa shape index (κ2) is 9.49. The van der Waals surface area contributed by atoms with E-state index in [-0.39, 0.29) is 25.2 Å². The Balaban J connectivity index is 1.82. The molecule has 0 aliphatic heterocycles. The van der Waals surface area contributed by atoms with Gasteiger partial charge < -0.3 is 4.74 Å². The van der Waals surface area contributed by atoms with E-state index < -0.39 is 35.6 Å². The van der Waals surface area contributed by atoms with Crippen molar-refractivity contribution in [3.8, 4) is 5.75 Å². The van der Waals surface area contributed by atoms with Gasteiger partial charge in [0.05, 0.1) is 16.8 Å². The van der Waals surface area contributed by atoms with E-state index in [1.54, 1.807) is 26.0 Å². The van der Waals surface area contributed by atoms with Gasteiger partial charge in [0.25, 0.3) is 0 Å². The highest BCUT2D eigenvalue weighted by atomic mass is 35.5. The molecule has 0 atom stereocenters. The zero-order valence-corrected chi connectivity index (χ0v) is 17.9. The summed E-state index contributed by atoms with van der Waals surface area (Å²) in [5, 5.41) is 1.16. The number of rotatable bonds is 7. The normalized spacial score (nSPS) is 11.0. The zero-order valence-electron chi connectivity index (χ0n) is 16.4. The SMILES string of the molecule is CCC(=O)N(Cc1c(F)ccc(OCc2nc3cc(Cl)ccc3s2)c1F)C(=O)CC. The van der Waals surface area contributed by atoms with Crippen LogP contribution in [0.1, 0.15) is 37.3 Å². The Morgan fingerprint density at radius 3 is 2.50 bits per heavy atom. The third-order valence-corrected chi connectivity index (χ3v) is 5.66. The lowest BCUT2D eigenvalue weighted by molar-refractivity contribution is -0.145. The van der Waals surface area contributed by atoms with Gasteiger partial charge in [-0.25, -0.2) is 13.8 Å². The lowest BCUT2D eigenvalue weighted by Gasteiger charge is -2.21. The van der Waals surface area contributed by atoms with Gasteiger partial charge in [0.15, 0.2) is 11.6 Å². The van der Waals surface area contributed by atoms with Gasteiger partial charge in [-0.3, -0.25) is 14.5 Å². The third kappa shape index (κ3) is 4.76. The molecule has 30 heavy (non-hydrogen) atoms. The molecule has 9 heteroatoms. The highest BCUT2D eigenvalue weighted by Crippen LogP contribution is 2.28. The summed E-state index contributed by atoms with van der Waals surface area (Å²) in [5.41, 5.74) is 0.311. The van der Waals surface area contributed by atoms with Gasteiger partial charge in [0.2, 0.25) is 11.8 Å². The van der Waals surface area contributed by atoms with Gasteiger partial charge in [-0.05, 0) is 30.3 Å². The van der Waals surface area contributed by atoms with Gasteiger partial charge in [-0.15, -0.1) is 11.3 Å². The molecule has 5 nitrogen and oxygen atoms in total. The molecule has 0 spiro atoms. The number of benzene rings is 2. The van der Waals surface area contributed by atoms with E-state index in [0.29, 0.717) is 15.5 Å². The first kappa shape index (κ1) is 22.1. The summed E-state index contributed by atoms with van der Waals surface area (Å²) < 4.78 is 35.7. The van der Waals surface area contributed by atoms with Gasteiger partial charge in [0.1, 0.15) is 17.4 Å². The fourth-order valence-corrected chi connectivity index (χ4v) is 3.86. The van der Waals surface area contributed by atoms with E-state index in [9.17, 15) is 18.4 Å². The van der Waals surface area contributed by atoms with Crippen molar-refractivity contribution in [1.29, 1.82) is 0 Å². The monoisotopic (exact) mass is 452 g/mol. The summed E-state index contributed by atoms with van der Waals surface area (Å²) in [5.74, 6) is -2.99. The smallest absolute Gasteiger partial charge is 0.229 e. The molecule has 0 N–H and O–H groups in total. The average Bonchev–Trinajstić information content (AvgIpc) is 3.14. The molecule has 3 aromatic rings. The number of hydrogen-bond donors (Lipinski definition) is 0. The number of carbonyl (C=O) groups is 2. The standard InChI is InChI=1S/C21H19ClF2N2O3S/c1-3-19(27)26(20(28)4-2)10-13-14(23)6-7-16(21(13)24)29-11-18-25-15-9-12(22)5-8-17(15)30-18/h5-9H,3-4,10-11H2,1-2H3. The van der Waals surface area contributed by atoms with E-state index in [4.69, 9.17) is 16.3 Å². The van der Waals surface area contributed by atoms with Crippen molar-refractivity contribution >= 4 is 45.0 Å². The van der Waals surface area contributed by atoms with Crippen LogP contribution in [0.25, 0.3) is 10.2 Å². The molecule has 3 rings (SSSR count). The molecule has 0 aliphatic rings. The van der Waals surface area contributed by atoms with Gasteiger partial charge >= 0.3 is 0 Å². The van der Waals surface area contributed by atoms with Crippen molar-refractivity contribution in [1.82, 2.24) is 9.88 Å². The molecule has 0 saturated carbocycles. The number of ether oxygens (including phenoxy) is 1. The molecule has 0 aliphatic carbocycles. The molecule has 158 valence electrons. The van der Waals surface area contributed by atoms with Crippen LogP contribution in [-0.4, -0.2) is 21.7 Å². The molecule has 0 fully saturated rings. The Bertz CT molecular complexity index is 1090. The lowest BCUT2D eigenvalue weighted by Crippen LogP contribution is -2.36. The minimum Gasteiger partial charge on any atom is -0.483 e. The predicted molar refractivity (Wildman–Crippen MR) is 111 cm³/mol. The fourth-order valence-electron chi connectivity index (χ4n) is 2.84. The lowest BCUT2D eigenvalue weighted by atomic mass is 10.1. The summed E-state index contributed by atoms with van der Waals surface area (Å²) in [6, 6.07) is 7.53. The Labute approximate surface area is 181 Å². The molecule has 0 bridgehead atoms. The maximum Gasteiger partial charge on any atom is 0.229 e. The van der Waals surface area contributed by atoms with Crippen LogP contribution in [-0.2, 0) is 22.7 Å². The Morgan fingerprint density at radius 1 is 1.13 bits per heavy atom. The van der Waals surface area contributed by atoms with Gasteiger partial charge in [0, 0.05) is 23.4 Å². The van der Waals surface area contributed by atoms with Crippen LogP contribution >= 0.6 is 22.9 Å². The molecule has 2 amide bonds. The Morgan fingerprint density at radius 2 is 1.83 bits per heavy atom. The summed E-state index contributed by atoms with van der Waals surface area (Å²) in [6.07, 6.45) is 0.0968. The van der Waals surface area contributed by atoms with Crippen molar-refractivity contribution < 1.29 is 23.1 Å². The summed E-state index contributed by atoms with van der Waals surface area (Å²) in [7, 11) is 0. The second-order valence-electron chi connectivity index (χ2n) is 6.43. The molecular formula is C21H19ClF2N2O3S. The van der Waals surface area contributed by atoms with E-state index >= 15 is 0 Å². The van der Waals surface area contributed by atoms with Gasteiger partial charge in [-0.2, -0.15) is 0 Å². The van der Waals surface area contributed by atoms with Crippen LogP contribution in [0.2, 0.25) is 5.02 Å². The van der Waals surface area contributed by atoms with Crippen molar-refractivity contribution in [2.45, 2.75) is 39.8 Å². The maximum absolute atomic E-state index is 14.9. The summed E-state index contributed by atoms with van der Waals surface area (Å²) in [4.78, 5) is 29.4. The van der Waals surface area contributed by atoms with Crippen molar-refractivity contribution in [2.24, 2.45) is 0 Å². The Kier molecular flexibility index (Phi) is 6.99. The number of amides is 2. The highest BCUT2D eigenvalue weighted by molar-refractivity contribution is 7.18. The number of aromatic nitrogens is 1. The summed E-state index contributed by atoms with van der Waals surface area (Å²) in [6.45, 7) is 2.64. The number of thiazole rings is 1. The molecule has 2 aromatic carbocycles. The summed E-state index contributed by atoms with van der Waals surface area (Å²) >= 11 is 7.33. The molecule has 0 radical (unpaired) electrons. The number of fused-ring (bicyclic) bond motifs is 1. The second-order valence-corrected chi connectivity index (χ2v) is 7.98. The number of halogens is 3. The van der Waals surface area contributed by atoms with E-state index in [1.807, 2.05) is 6.07 Å². The first-order valence-electron chi connectivity index (χ1n) is 9.31. The maximum atomic E-state index is 14.9. The first-order chi connectivity index (χ1) is 14.3. The van der Waals surface area contributed by atoms with Crippen molar-refractivity contribution in [3.63, 3.8) is 0 Å². The zero-order chi connectivity index (χ0) is 21.8. The van der Waals surface area contributed by atoms with Crippen LogP contribution in [0.3, 0.4) is 0 Å². The molecule has 1 heterocycles. The fraction of sp³-hybridized carbons (Fsp3) is 0.286. The predicted octanol–water partition coefficient (Wildman–Crippen LogP) is 5.48. The third-order valence-electron chi connectivity index (χ3n) is 4.42. The van der Waals surface area contributed by atoms with Crippen molar-refractivity contribution in [3.05, 3.63) is 57.6 Å². The van der Waals surface area contributed by atoms with Crippen molar-refractivity contribution in [2.75, 3.05) is 0 Å². The van der Waals surface area contributed by atoms with Crippen LogP contribution in [0.15, 0.2) is 30.3 Å². The minimum absolute atomic E-state index is 0.0234. The van der Waals surface area contributed by atoms with E-state index in [2.05, 4.69) is 4.98 Å². The first-order valence-corrected chi connectivity index (χ1v) is 10.5. The number of nitrogens with zero attached hydrogens (tertiary/aromatic N) is 2. The molecule has 0 unspecified atom stereocenters. The number of hydrogen-bond acceptors (Lipinski definition) is 5. The van der Waals surface area contributed by atoms with Crippen LogP contribution in [0, 0.1) is 11.6 Å². The number of carbonyl (C=O) groups excluding carboxylic acids is 2. The van der Waals surface area contributed by atoms with Crippen LogP contribution in [0.4, 0.5) is 8.78 Å². The Hall–Kier alpha value is -2.58. The highest BCUT2D eigenvalue weighted by Gasteiger charge is 2.24. The van der Waals surface area contributed by atoms with E-state index in [0.717, 1.165) is 15.7 Å². The molecule has 0 saturated heterocycles. The molecular weight excluding hydrogens is 434 g/mol. The topological polar surface area (TPSA) is 59.5 Å². The van der Waals surface area contributed by atoms with E-state index in [1.165, 1.54) is 17.4 Å².